The molecule has 1 atom stereocenters. The van der Waals surface area contributed by atoms with Crippen LogP contribution in [0.2, 0.25) is 0 Å². The molecule has 0 amide bonds. The Balaban J connectivity index is 2.41. The number of unbranched alkanes of at least 4 members (excludes halogenated alkanes) is 2. The zero-order valence-corrected chi connectivity index (χ0v) is 14.7. The minimum Gasteiger partial charge on any atom is -0.508 e. The fraction of sp³-hybridized carbons (Fsp3) is 0.429. The lowest BCUT2D eigenvalue weighted by Gasteiger charge is -2.36. The maximum Gasteiger partial charge on any atom is 0.123 e. The Bertz CT molecular complexity index is 642. The van der Waals surface area contributed by atoms with Gasteiger partial charge in [-0.3, -0.25) is 0 Å². The first kappa shape index (κ1) is 18.3. The predicted octanol–water partition coefficient (Wildman–Crippen LogP) is 5.88. The van der Waals surface area contributed by atoms with Gasteiger partial charge < -0.3 is 10.2 Å². The zero-order valence-electron chi connectivity index (χ0n) is 14.7. The van der Waals surface area contributed by atoms with Crippen LogP contribution in [0.4, 0.5) is 4.39 Å². The molecule has 0 aliphatic rings. The number of phenols is 2. The second kappa shape index (κ2) is 7.69. The Kier molecular flexibility index (Phi) is 5.87. The van der Waals surface area contributed by atoms with Crippen LogP contribution in [-0.2, 0) is 5.41 Å². The van der Waals surface area contributed by atoms with Crippen molar-refractivity contribution in [3.8, 4) is 11.5 Å². The molecule has 2 aromatic rings. The van der Waals surface area contributed by atoms with E-state index < -0.39 is 0 Å². The van der Waals surface area contributed by atoms with E-state index in [-0.39, 0.29) is 28.6 Å². The van der Waals surface area contributed by atoms with Crippen LogP contribution >= 0.6 is 0 Å². The second-order valence-corrected chi connectivity index (χ2v) is 7.06. The number of hydrogen-bond donors (Lipinski definition) is 2. The van der Waals surface area contributed by atoms with Crippen molar-refractivity contribution in [1.82, 2.24) is 0 Å². The number of hydrogen-bond acceptors (Lipinski definition) is 2. The number of rotatable bonds is 7. The molecule has 0 saturated carbocycles. The Hall–Kier alpha value is -2.03. The van der Waals surface area contributed by atoms with Crippen molar-refractivity contribution in [2.75, 3.05) is 0 Å². The molecule has 2 N–H and O–H groups in total. The SMILES string of the molecule is CCCCCC(c1ccc(F)cc1)C(C)(C)c1cc(O)cc(O)c1. The molecular weight excluding hydrogens is 303 g/mol. The molecule has 0 radical (unpaired) electrons. The monoisotopic (exact) mass is 330 g/mol. The third-order valence-electron chi connectivity index (χ3n) is 4.89. The molecule has 3 heteroatoms. The van der Waals surface area contributed by atoms with Crippen LogP contribution in [0, 0.1) is 5.82 Å². The second-order valence-electron chi connectivity index (χ2n) is 7.06. The van der Waals surface area contributed by atoms with Crippen molar-refractivity contribution in [1.29, 1.82) is 0 Å². The first-order chi connectivity index (χ1) is 11.3. The predicted molar refractivity (Wildman–Crippen MR) is 96.1 cm³/mol. The van der Waals surface area contributed by atoms with E-state index in [1.807, 2.05) is 12.1 Å². The van der Waals surface area contributed by atoms with Crippen molar-refractivity contribution in [3.05, 3.63) is 59.4 Å². The third-order valence-corrected chi connectivity index (χ3v) is 4.89. The quantitative estimate of drug-likeness (QED) is 0.622. The molecule has 0 aromatic heterocycles. The van der Waals surface area contributed by atoms with Gasteiger partial charge in [0.1, 0.15) is 17.3 Å². The summed E-state index contributed by atoms with van der Waals surface area (Å²) in [4.78, 5) is 0. The Morgan fingerprint density at radius 2 is 1.54 bits per heavy atom. The molecular formula is C21H27FO2. The van der Waals surface area contributed by atoms with E-state index >= 15 is 0 Å². The van der Waals surface area contributed by atoms with Gasteiger partial charge in [0, 0.05) is 6.07 Å². The van der Waals surface area contributed by atoms with Gasteiger partial charge in [0.2, 0.25) is 0 Å². The average Bonchev–Trinajstić information content (AvgIpc) is 2.52. The van der Waals surface area contributed by atoms with Crippen LogP contribution in [0.1, 0.15) is 63.5 Å². The first-order valence-electron chi connectivity index (χ1n) is 8.63. The van der Waals surface area contributed by atoms with Gasteiger partial charge in [-0.2, -0.15) is 0 Å². The highest BCUT2D eigenvalue weighted by molar-refractivity contribution is 5.42. The normalized spacial score (nSPS) is 13.0. The summed E-state index contributed by atoms with van der Waals surface area (Å²) in [6, 6.07) is 11.4. The van der Waals surface area contributed by atoms with Gasteiger partial charge >= 0.3 is 0 Å². The van der Waals surface area contributed by atoms with Gasteiger partial charge in [-0.1, -0.05) is 52.2 Å². The zero-order chi connectivity index (χ0) is 17.7. The van der Waals surface area contributed by atoms with Crippen molar-refractivity contribution >= 4 is 0 Å². The highest BCUT2D eigenvalue weighted by Crippen LogP contribution is 2.43. The van der Waals surface area contributed by atoms with Crippen LogP contribution in [0.15, 0.2) is 42.5 Å². The van der Waals surface area contributed by atoms with Crippen molar-refractivity contribution in [2.45, 2.75) is 57.8 Å². The van der Waals surface area contributed by atoms with Gasteiger partial charge in [0.15, 0.2) is 0 Å². The topological polar surface area (TPSA) is 40.5 Å². The Morgan fingerprint density at radius 1 is 0.958 bits per heavy atom. The van der Waals surface area contributed by atoms with Crippen LogP contribution in [-0.4, -0.2) is 10.2 Å². The maximum atomic E-state index is 13.3. The smallest absolute Gasteiger partial charge is 0.123 e. The Morgan fingerprint density at radius 3 is 2.08 bits per heavy atom. The van der Waals surface area contributed by atoms with E-state index in [2.05, 4.69) is 20.8 Å². The molecule has 2 aromatic carbocycles. The summed E-state index contributed by atoms with van der Waals surface area (Å²) in [7, 11) is 0. The molecule has 1 unspecified atom stereocenters. The molecule has 2 rings (SSSR count). The van der Waals surface area contributed by atoms with Gasteiger partial charge in [-0.15, -0.1) is 0 Å². The lowest BCUT2D eigenvalue weighted by Crippen LogP contribution is -2.27. The number of benzene rings is 2. The van der Waals surface area contributed by atoms with Gasteiger partial charge in [0.25, 0.3) is 0 Å². The lowest BCUT2D eigenvalue weighted by atomic mass is 9.68. The maximum absolute atomic E-state index is 13.3. The van der Waals surface area contributed by atoms with Gasteiger partial charge in [0.05, 0.1) is 0 Å². The molecule has 0 aliphatic carbocycles. The van der Waals surface area contributed by atoms with E-state index in [0.717, 1.165) is 36.8 Å². The summed E-state index contributed by atoms with van der Waals surface area (Å²) in [5, 5.41) is 19.7. The molecule has 0 saturated heterocycles. The van der Waals surface area contributed by atoms with Gasteiger partial charge in [-0.05, 0) is 53.1 Å². The summed E-state index contributed by atoms with van der Waals surface area (Å²) in [5.41, 5.74) is 1.66. The van der Waals surface area contributed by atoms with E-state index in [4.69, 9.17) is 0 Å². The van der Waals surface area contributed by atoms with Crippen molar-refractivity contribution < 1.29 is 14.6 Å². The molecule has 0 aliphatic heterocycles. The Labute approximate surface area is 144 Å². The van der Waals surface area contributed by atoms with Crippen molar-refractivity contribution in [2.24, 2.45) is 0 Å². The van der Waals surface area contributed by atoms with Crippen molar-refractivity contribution in [3.63, 3.8) is 0 Å². The molecule has 0 fully saturated rings. The fourth-order valence-electron chi connectivity index (χ4n) is 3.41. The van der Waals surface area contributed by atoms with E-state index in [1.165, 1.54) is 18.2 Å². The van der Waals surface area contributed by atoms with Crippen LogP contribution in [0.25, 0.3) is 0 Å². The van der Waals surface area contributed by atoms with Crippen LogP contribution in [0.5, 0.6) is 11.5 Å². The van der Waals surface area contributed by atoms with Gasteiger partial charge in [-0.25, -0.2) is 4.39 Å². The highest BCUT2D eigenvalue weighted by atomic mass is 19.1. The molecule has 0 bridgehead atoms. The number of aromatic hydroxyl groups is 2. The minimum absolute atomic E-state index is 0.0597. The first-order valence-corrected chi connectivity index (χ1v) is 8.63. The molecule has 2 nitrogen and oxygen atoms in total. The largest absolute Gasteiger partial charge is 0.508 e. The standard InChI is InChI=1S/C21H27FO2/c1-4-5-6-7-20(15-8-10-17(22)11-9-15)21(2,3)16-12-18(23)14-19(24)13-16/h8-14,20,23-24H,4-7H2,1-3H3. The van der Waals surface area contributed by atoms with E-state index in [9.17, 15) is 14.6 Å². The third kappa shape index (κ3) is 4.28. The summed E-state index contributed by atoms with van der Waals surface area (Å²) in [6.45, 7) is 6.40. The summed E-state index contributed by atoms with van der Waals surface area (Å²) < 4.78 is 13.3. The van der Waals surface area contributed by atoms with E-state index in [0.29, 0.717) is 0 Å². The van der Waals surface area contributed by atoms with Crippen LogP contribution in [0.3, 0.4) is 0 Å². The average molecular weight is 330 g/mol. The molecule has 0 heterocycles. The minimum atomic E-state index is -0.304. The molecule has 130 valence electrons. The summed E-state index contributed by atoms with van der Waals surface area (Å²) in [5.74, 6) is 0.0543. The lowest BCUT2D eigenvalue weighted by molar-refractivity contribution is 0.371. The summed E-state index contributed by atoms with van der Waals surface area (Å²) in [6.07, 6.45) is 4.36. The summed E-state index contributed by atoms with van der Waals surface area (Å²) >= 11 is 0. The highest BCUT2D eigenvalue weighted by Gasteiger charge is 2.32. The molecule has 0 spiro atoms. The van der Waals surface area contributed by atoms with Crippen LogP contribution < -0.4 is 0 Å². The number of halogens is 1. The van der Waals surface area contributed by atoms with E-state index in [1.54, 1.807) is 12.1 Å². The fourth-order valence-corrected chi connectivity index (χ4v) is 3.41. The number of phenolic OH excluding ortho intramolecular Hbond substituents is 2. The molecule has 24 heavy (non-hydrogen) atoms.